The molecule has 1 heterocycles. The van der Waals surface area contributed by atoms with Gasteiger partial charge in [0.1, 0.15) is 5.82 Å². The molecule has 1 aliphatic carbocycles. The topological polar surface area (TPSA) is 41.2 Å². The largest absolute Gasteiger partial charge is 0.512 e. The number of fused-ring (bicyclic) bond motifs is 2. The monoisotopic (exact) mass is 583 g/mol. The Labute approximate surface area is 190 Å². The van der Waals surface area contributed by atoms with Crippen LogP contribution in [0.2, 0.25) is 0 Å². The van der Waals surface area contributed by atoms with Crippen molar-refractivity contribution in [3.8, 4) is 11.3 Å². The molecule has 0 saturated heterocycles. The number of benzene rings is 2. The standard InChI is InChI=1S/C20H17FN.C5H8O2.Ir/c1-12-8-9-15(21)18-16(12)19-17-13(10-11-22(19)4)6-5-7-14(17)20(18,2)3;1-4(6)3-5(2)7;/h5-11H,1,4H2,2-3H3;3,6H,1-2H3;/q-1;;. The van der Waals surface area contributed by atoms with E-state index in [1.807, 2.05) is 16.8 Å². The summed E-state index contributed by atoms with van der Waals surface area (Å²) < 4.78 is 16.5. The van der Waals surface area contributed by atoms with Gasteiger partial charge in [0.2, 0.25) is 0 Å². The van der Waals surface area contributed by atoms with Crippen molar-refractivity contribution in [3.05, 3.63) is 90.9 Å². The molecule has 0 unspecified atom stereocenters. The third kappa shape index (κ3) is 4.00. The molecule has 159 valence electrons. The second kappa shape index (κ2) is 8.63. The third-order valence-corrected chi connectivity index (χ3v) is 5.24. The zero-order valence-electron chi connectivity index (χ0n) is 17.5. The molecule has 0 saturated carbocycles. The van der Waals surface area contributed by atoms with E-state index in [-0.39, 0.29) is 37.5 Å². The van der Waals surface area contributed by atoms with Crippen molar-refractivity contribution in [2.75, 3.05) is 0 Å². The summed E-state index contributed by atoms with van der Waals surface area (Å²) >= 11 is 0. The number of hydrogen-bond donors (Lipinski definition) is 1. The molecule has 1 aliphatic rings. The predicted molar refractivity (Wildman–Crippen MR) is 114 cm³/mol. The van der Waals surface area contributed by atoms with Crippen molar-refractivity contribution < 1.29 is 39.0 Å². The molecule has 3 aromatic rings. The van der Waals surface area contributed by atoms with Crippen LogP contribution in [0.1, 0.15) is 44.4 Å². The van der Waals surface area contributed by atoms with E-state index < -0.39 is 5.41 Å². The van der Waals surface area contributed by atoms with E-state index in [4.69, 9.17) is 5.11 Å². The van der Waals surface area contributed by atoms with Crippen LogP contribution in [0, 0.1) is 19.8 Å². The second-order valence-corrected chi connectivity index (χ2v) is 7.88. The number of pyridine rings is 1. The molecule has 0 aliphatic heterocycles. The van der Waals surface area contributed by atoms with Gasteiger partial charge in [0.15, 0.2) is 5.78 Å². The minimum atomic E-state index is -0.409. The molecular weight excluding hydrogens is 557 g/mol. The first-order valence-corrected chi connectivity index (χ1v) is 9.37. The number of aromatic nitrogens is 1. The van der Waals surface area contributed by atoms with Crippen LogP contribution in [0.5, 0.6) is 0 Å². The van der Waals surface area contributed by atoms with Crippen LogP contribution < -0.4 is 4.57 Å². The minimum absolute atomic E-state index is 0. The first-order chi connectivity index (χ1) is 13.6. The van der Waals surface area contributed by atoms with Crippen molar-refractivity contribution in [2.24, 2.45) is 0 Å². The van der Waals surface area contributed by atoms with Gasteiger partial charge in [0.05, 0.1) is 17.6 Å². The Morgan fingerprint density at radius 2 is 1.83 bits per heavy atom. The van der Waals surface area contributed by atoms with Gasteiger partial charge in [-0.05, 0) is 36.2 Å². The normalized spacial score (nSPS) is 13.6. The molecule has 5 heteroatoms. The Hall–Kier alpha value is -2.62. The SMILES string of the molecule is CC(=O)C=C(C)O.[CH2-]c1ccc(F)c2c1-c1c3c(cccc3cc[n+]1[CH2-])C2(C)C.[Ir]. The van der Waals surface area contributed by atoms with E-state index in [0.29, 0.717) is 5.56 Å². The Morgan fingerprint density at radius 1 is 1.17 bits per heavy atom. The van der Waals surface area contributed by atoms with Gasteiger partial charge < -0.3 is 9.67 Å². The van der Waals surface area contributed by atoms with Gasteiger partial charge in [-0.25, -0.2) is 4.39 Å². The van der Waals surface area contributed by atoms with Gasteiger partial charge in [-0.3, -0.25) is 4.79 Å². The van der Waals surface area contributed by atoms with Crippen molar-refractivity contribution in [1.29, 1.82) is 0 Å². The zero-order chi connectivity index (χ0) is 21.5. The summed E-state index contributed by atoms with van der Waals surface area (Å²) in [6, 6.07) is 11.5. The van der Waals surface area contributed by atoms with Crippen LogP contribution in [0.3, 0.4) is 0 Å². The van der Waals surface area contributed by atoms with Gasteiger partial charge in [0, 0.05) is 38.6 Å². The van der Waals surface area contributed by atoms with Crippen molar-refractivity contribution in [3.63, 3.8) is 0 Å². The number of nitrogens with zero attached hydrogens (tertiary/aromatic N) is 1. The Bertz CT molecular complexity index is 1160. The van der Waals surface area contributed by atoms with Crippen LogP contribution in [0.15, 0.2) is 54.4 Å². The summed E-state index contributed by atoms with van der Waals surface area (Å²) in [5.41, 5.74) is 4.10. The summed E-state index contributed by atoms with van der Waals surface area (Å²) in [5.74, 6) is -0.244. The number of ketones is 1. The van der Waals surface area contributed by atoms with E-state index in [1.165, 1.54) is 26.0 Å². The molecule has 1 aromatic heterocycles. The van der Waals surface area contributed by atoms with E-state index in [0.717, 1.165) is 33.2 Å². The Morgan fingerprint density at radius 3 is 2.40 bits per heavy atom. The number of aliphatic hydroxyl groups excluding tert-OH is 1. The van der Waals surface area contributed by atoms with Crippen molar-refractivity contribution >= 4 is 16.6 Å². The number of carbonyl (C=O) groups is 1. The van der Waals surface area contributed by atoms with E-state index in [9.17, 15) is 9.18 Å². The fraction of sp³-hybridized carbons (Fsp3) is 0.200. The maximum absolute atomic E-state index is 14.7. The van der Waals surface area contributed by atoms with Gasteiger partial charge in [0.25, 0.3) is 0 Å². The van der Waals surface area contributed by atoms with Crippen molar-refractivity contribution in [2.45, 2.75) is 33.1 Å². The maximum atomic E-state index is 14.7. The van der Waals surface area contributed by atoms with Crippen LogP contribution in [0.25, 0.3) is 22.0 Å². The summed E-state index contributed by atoms with van der Waals surface area (Å²) in [5, 5.41) is 10.7. The van der Waals surface area contributed by atoms with Gasteiger partial charge >= 0.3 is 0 Å². The molecule has 2 aromatic carbocycles. The minimum Gasteiger partial charge on any atom is -0.512 e. The molecule has 0 atom stereocenters. The molecule has 30 heavy (non-hydrogen) atoms. The van der Waals surface area contributed by atoms with E-state index >= 15 is 0 Å². The molecule has 0 bridgehead atoms. The maximum Gasteiger partial charge on any atom is 0.155 e. The molecule has 0 spiro atoms. The van der Waals surface area contributed by atoms with Crippen LogP contribution in [-0.4, -0.2) is 10.9 Å². The average molecular weight is 583 g/mol. The number of hydrogen-bond acceptors (Lipinski definition) is 2. The molecule has 3 nitrogen and oxygen atoms in total. The smallest absolute Gasteiger partial charge is 0.155 e. The Kier molecular flexibility index (Phi) is 6.80. The first kappa shape index (κ1) is 23.7. The molecule has 0 amide bonds. The third-order valence-electron chi connectivity index (χ3n) is 5.24. The van der Waals surface area contributed by atoms with Gasteiger partial charge in [-0.15, -0.1) is 5.56 Å². The molecular formula is C25H25FIrNO2-. The second-order valence-electron chi connectivity index (χ2n) is 7.88. The quantitative estimate of drug-likeness (QED) is 0.180. The number of halogens is 1. The van der Waals surface area contributed by atoms with Crippen LogP contribution >= 0.6 is 0 Å². The summed E-state index contributed by atoms with van der Waals surface area (Å²) in [7, 11) is 4.10. The summed E-state index contributed by atoms with van der Waals surface area (Å²) in [6.07, 6.45) is 3.09. The number of allylic oxidation sites excluding steroid dienone is 2. The molecule has 4 rings (SSSR count). The van der Waals surface area contributed by atoms with Crippen LogP contribution in [0.4, 0.5) is 4.39 Å². The Balaban J connectivity index is 0.000000350. The van der Waals surface area contributed by atoms with Crippen LogP contribution in [-0.2, 0) is 30.3 Å². The summed E-state index contributed by atoms with van der Waals surface area (Å²) in [4.78, 5) is 10.0. The number of rotatable bonds is 1. The fourth-order valence-electron chi connectivity index (χ4n) is 4.08. The first-order valence-electron chi connectivity index (χ1n) is 9.37. The predicted octanol–water partition coefficient (Wildman–Crippen LogP) is 5.43. The molecule has 0 fully saturated rings. The summed E-state index contributed by atoms with van der Waals surface area (Å²) in [6.45, 7) is 11.1. The van der Waals surface area contributed by atoms with E-state index in [2.05, 4.69) is 46.0 Å². The van der Waals surface area contributed by atoms with Crippen molar-refractivity contribution in [1.82, 2.24) is 0 Å². The number of carbonyl (C=O) groups excluding carboxylic acids is 1. The zero-order valence-corrected chi connectivity index (χ0v) is 19.9. The fourth-order valence-corrected chi connectivity index (χ4v) is 4.08. The van der Waals surface area contributed by atoms with E-state index in [1.54, 1.807) is 6.07 Å². The molecule has 1 N–H and O–H groups in total. The average Bonchev–Trinajstić information content (AvgIpc) is 2.62. The van der Waals surface area contributed by atoms with Gasteiger partial charge in [-0.1, -0.05) is 43.7 Å². The number of aliphatic hydroxyl groups is 1. The molecule has 1 radical (unpaired) electrons. The van der Waals surface area contributed by atoms with Gasteiger partial charge in [-0.2, -0.15) is 18.6 Å².